The Labute approximate surface area is 152 Å². The molecule has 0 saturated carbocycles. The first-order chi connectivity index (χ1) is 10.1. The fourth-order valence-corrected chi connectivity index (χ4v) is 2.76. The van der Waals surface area contributed by atoms with Crippen LogP contribution in [0.5, 0.6) is 0 Å². The Morgan fingerprint density at radius 1 is 1.30 bits per heavy atom. The summed E-state index contributed by atoms with van der Waals surface area (Å²) in [6.45, 7) is 6.91. The standard InChI is InChI=1S/C17H27N3O.2ClH/c1-13(2)16(18)17(21)19-15-9-6-10-20(12-15)11-14-7-4-3-5-8-14;;/h3-5,7-8,13,15-16H,6,9-12,18H2,1-2H3,(H,19,21);2*1H/t15?,16-;;/m1../s1. The van der Waals surface area contributed by atoms with E-state index in [0.717, 1.165) is 32.5 Å². The summed E-state index contributed by atoms with van der Waals surface area (Å²) < 4.78 is 0. The molecular weight excluding hydrogens is 333 g/mol. The molecule has 0 aliphatic carbocycles. The van der Waals surface area contributed by atoms with Gasteiger partial charge < -0.3 is 11.1 Å². The lowest BCUT2D eigenvalue weighted by Gasteiger charge is -2.34. The van der Waals surface area contributed by atoms with Crippen LogP contribution in [0.25, 0.3) is 0 Å². The van der Waals surface area contributed by atoms with Crippen molar-refractivity contribution in [2.75, 3.05) is 13.1 Å². The van der Waals surface area contributed by atoms with Gasteiger partial charge in [0, 0.05) is 19.1 Å². The number of piperidine rings is 1. The van der Waals surface area contributed by atoms with Gasteiger partial charge >= 0.3 is 0 Å². The number of hydrogen-bond donors (Lipinski definition) is 2. The number of likely N-dealkylation sites (tertiary alicyclic amines) is 1. The van der Waals surface area contributed by atoms with E-state index in [0.29, 0.717) is 0 Å². The van der Waals surface area contributed by atoms with Crippen LogP contribution in [-0.4, -0.2) is 36.0 Å². The quantitative estimate of drug-likeness (QED) is 0.847. The van der Waals surface area contributed by atoms with E-state index in [-0.39, 0.29) is 42.7 Å². The Hall–Kier alpha value is -0.810. The average Bonchev–Trinajstić information content (AvgIpc) is 2.47. The monoisotopic (exact) mass is 361 g/mol. The van der Waals surface area contributed by atoms with Crippen molar-refractivity contribution in [1.29, 1.82) is 0 Å². The lowest BCUT2D eigenvalue weighted by atomic mass is 10.0. The number of benzene rings is 1. The molecule has 132 valence electrons. The van der Waals surface area contributed by atoms with E-state index < -0.39 is 6.04 Å². The molecule has 1 fully saturated rings. The van der Waals surface area contributed by atoms with Crippen molar-refractivity contribution in [1.82, 2.24) is 10.2 Å². The molecule has 1 aromatic carbocycles. The highest BCUT2D eigenvalue weighted by atomic mass is 35.5. The number of nitrogens with two attached hydrogens (primary N) is 1. The van der Waals surface area contributed by atoms with Gasteiger partial charge in [-0.3, -0.25) is 9.69 Å². The molecule has 1 amide bonds. The lowest BCUT2D eigenvalue weighted by molar-refractivity contribution is -0.124. The molecule has 1 aliphatic heterocycles. The van der Waals surface area contributed by atoms with Gasteiger partial charge in [-0.2, -0.15) is 0 Å². The average molecular weight is 362 g/mol. The van der Waals surface area contributed by atoms with E-state index in [1.54, 1.807) is 0 Å². The number of nitrogens with zero attached hydrogens (tertiary/aromatic N) is 1. The van der Waals surface area contributed by atoms with Crippen LogP contribution >= 0.6 is 24.8 Å². The van der Waals surface area contributed by atoms with E-state index in [4.69, 9.17) is 5.73 Å². The summed E-state index contributed by atoms with van der Waals surface area (Å²) in [5.41, 5.74) is 7.23. The minimum Gasteiger partial charge on any atom is -0.351 e. The van der Waals surface area contributed by atoms with Crippen molar-refractivity contribution in [3.63, 3.8) is 0 Å². The molecule has 1 aromatic rings. The Balaban J connectivity index is 0.00000242. The summed E-state index contributed by atoms with van der Waals surface area (Å²) in [6, 6.07) is 10.3. The van der Waals surface area contributed by atoms with Gasteiger partial charge in [-0.1, -0.05) is 44.2 Å². The van der Waals surface area contributed by atoms with Crippen molar-refractivity contribution < 1.29 is 4.79 Å². The molecular formula is C17H29Cl2N3O. The Kier molecular flexibility index (Phi) is 10.5. The number of amides is 1. The first-order valence-electron chi connectivity index (χ1n) is 7.88. The highest BCUT2D eigenvalue weighted by Crippen LogP contribution is 2.14. The van der Waals surface area contributed by atoms with Crippen LogP contribution in [0.2, 0.25) is 0 Å². The number of nitrogens with one attached hydrogen (secondary N) is 1. The number of hydrogen-bond acceptors (Lipinski definition) is 3. The van der Waals surface area contributed by atoms with Crippen LogP contribution in [0.15, 0.2) is 30.3 Å². The van der Waals surface area contributed by atoms with Crippen molar-refractivity contribution in [2.45, 2.75) is 45.3 Å². The summed E-state index contributed by atoms with van der Waals surface area (Å²) in [5, 5.41) is 3.11. The molecule has 0 aromatic heterocycles. The highest BCUT2D eigenvalue weighted by Gasteiger charge is 2.24. The summed E-state index contributed by atoms with van der Waals surface area (Å²) in [5.74, 6) is 0.158. The Bertz CT molecular complexity index is 456. The van der Waals surface area contributed by atoms with Gasteiger partial charge in [-0.15, -0.1) is 24.8 Å². The van der Waals surface area contributed by atoms with Crippen molar-refractivity contribution in [3.05, 3.63) is 35.9 Å². The maximum Gasteiger partial charge on any atom is 0.237 e. The van der Waals surface area contributed by atoms with E-state index >= 15 is 0 Å². The molecule has 1 saturated heterocycles. The van der Waals surface area contributed by atoms with E-state index in [1.165, 1.54) is 5.56 Å². The van der Waals surface area contributed by atoms with E-state index in [9.17, 15) is 4.79 Å². The van der Waals surface area contributed by atoms with Crippen LogP contribution in [0.1, 0.15) is 32.3 Å². The van der Waals surface area contributed by atoms with Gasteiger partial charge in [-0.05, 0) is 30.9 Å². The number of halogens is 2. The molecule has 2 atom stereocenters. The molecule has 1 aliphatic rings. The second-order valence-corrected chi connectivity index (χ2v) is 6.34. The molecule has 0 bridgehead atoms. The predicted octanol–water partition coefficient (Wildman–Crippen LogP) is 2.59. The van der Waals surface area contributed by atoms with Crippen molar-refractivity contribution >= 4 is 30.7 Å². The van der Waals surface area contributed by atoms with Gasteiger partial charge in [0.2, 0.25) is 5.91 Å². The second-order valence-electron chi connectivity index (χ2n) is 6.34. The van der Waals surface area contributed by atoms with Gasteiger partial charge in [0.15, 0.2) is 0 Å². The van der Waals surface area contributed by atoms with Gasteiger partial charge in [0.05, 0.1) is 6.04 Å². The van der Waals surface area contributed by atoms with Gasteiger partial charge in [0.1, 0.15) is 0 Å². The second kappa shape index (κ2) is 10.9. The first kappa shape index (κ1) is 22.2. The molecule has 1 heterocycles. The van der Waals surface area contributed by atoms with Crippen molar-refractivity contribution in [3.8, 4) is 0 Å². The third-order valence-electron chi connectivity index (χ3n) is 4.12. The van der Waals surface area contributed by atoms with Crippen LogP contribution < -0.4 is 11.1 Å². The summed E-state index contributed by atoms with van der Waals surface area (Å²) in [4.78, 5) is 14.5. The topological polar surface area (TPSA) is 58.4 Å². The predicted molar refractivity (Wildman–Crippen MR) is 100 cm³/mol. The van der Waals surface area contributed by atoms with Gasteiger partial charge in [-0.25, -0.2) is 0 Å². The fraction of sp³-hybridized carbons (Fsp3) is 0.588. The molecule has 23 heavy (non-hydrogen) atoms. The largest absolute Gasteiger partial charge is 0.351 e. The van der Waals surface area contributed by atoms with Crippen LogP contribution in [-0.2, 0) is 11.3 Å². The van der Waals surface area contributed by atoms with Crippen LogP contribution in [0.4, 0.5) is 0 Å². The third kappa shape index (κ3) is 7.08. The zero-order chi connectivity index (χ0) is 15.2. The fourth-order valence-electron chi connectivity index (χ4n) is 2.76. The van der Waals surface area contributed by atoms with E-state index in [1.807, 2.05) is 19.9 Å². The molecule has 0 spiro atoms. The number of rotatable bonds is 5. The normalized spacial score (nSPS) is 19.4. The minimum atomic E-state index is -0.408. The maximum absolute atomic E-state index is 12.1. The number of carbonyl (C=O) groups excluding carboxylic acids is 1. The molecule has 2 rings (SSSR count). The zero-order valence-electron chi connectivity index (χ0n) is 13.9. The minimum absolute atomic E-state index is 0. The zero-order valence-corrected chi connectivity index (χ0v) is 15.5. The Morgan fingerprint density at radius 2 is 1.96 bits per heavy atom. The SMILES string of the molecule is CC(C)[C@@H](N)C(=O)NC1CCCN(Cc2ccccc2)C1.Cl.Cl. The molecule has 6 heteroatoms. The Morgan fingerprint density at radius 3 is 2.57 bits per heavy atom. The van der Waals surface area contributed by atoms with Crippen molar-refractivity contribution in [2.24, 2.45) is 11.7 Å². The maximum atomic E-state index is 12.1. The summed E-state index contributed by atoms with van der Waals surface area (Å²) >= 11 is 0. The molecule has 4 nitrogen and oxygen atoms in total. The third-order valence-corrected chi connectivity index (χ3v) is 4.12. The van der Waals surface area contributed by atoms with Gasteiger partial charge in [0.25, 0.3) is 0 Å². The lowest BCUT2D eigenvalue weighted by Crippen LogP contribution is -2.52. The van der Waals surface area contributed by atoms with E-state index in [2.05, 4.69) is 34.5 Å². The molecule has 1 unspecified atom stereocenters. The summed E-state index contributed by atoms with van der Waals surface area (Å²) in [6.07, 6.45) is 2.16. The molecule has 3 N–H and O–H groups in total. The van der Waals surface area contributed by atoms with Crippen LogP contribution in [0, 0.1) is 5.92 Å². The highest BCUT2D eigenvalue weighted by molar-refractivity contribution is 5.85. The van der Waals surface area contributed by atoms with Crippen LogP contribution in [0.3, 0.4) is 0 Å². The first-order valence-corrected chi connectivity index (χ1v) is 7.88. The summed E-state index contributed by atoms with van der Waals surface area (Å²) in [7, 11) is 0. The molecule has 0 radical (unpaired) electrons. The number of carbonyl (C=O) groups is 1. The smallest absolute Gasteiger partial charge is 0.237 e.